The summed E-state index contributed by atoms with van der Waals surface area (Å²) in [6.07, 6.45) is 16.6. The Morgan fingerprint density at radius 3 is 2.35 bits per heavy atom. The lowest BCUT2D eigenvalue weighted by molar-refractivity contribution is 0.0609. The molecule has 1 aromatic carbocycles. The van der Waals surface area contributed by atoms with Gasteiger partial charge in [-0.25, -0.2) is 0 Å². The van der Waals surface area contributed by atoms with Crippen LogP contribution in [0.4, 0.5) is 0 Å². The van der Waals surface area contributed by atoms with Crippen molar-refractivity contribution in [3.63, 3.8) is 0 Å². The fourth-order valence-electron chi connectivity index (χ4n) is 7.07. The molecule has 0 radical (unpaired) electrons. The molecular weight excluding hydrogens is 420 g/mol. The number of hydrogen-bond acceptors (Lipinski definition) is 3. The molecule has 186 valence electrons. The fraction of sp³-hybridized carbons (Fsp3) is 0.613. The molecule has 3 saturated carbocycles. The van der Waals surface area contributed by atoms with E-state index in [2.05, 4.69) is 50.3 Å². The molecule has 0 heterocycles. The lowest BCUT2D eigenvalue weighted by Crippen LogP contribution is -2.35. The SMILES string of the molecule is C[C@H](/C=C/c1ccc(C(C)(C)O)cc1)[C@H]1CC[C@H]2/C(=C/C=C3C[C@@H](O)C[C@H](O)C3)CCC[C@]12C. The van der Waals surface area contributed by atoms with Crippen LogP contribution in [0.15, 0.2) is 53.6 Å². The Kier molecular flexibility index (Phi) is 7.57. The molecule has 3 fully saturated rings. The van der Waals surface area contributed by atoms with Gasteiger partial charge < -0.3 is 15.3 Å². The third kappa shape index (κ3) is 5.58. The highest BCUT2D eigenvalue weighted by Gasteiger charge is 2.50. The molecule has 0 amide bonds. The smallest absolute Gasteiger partial charge is 0.0840 e. The van der Waals surface area contributed by atoms with E-state index in [4.69, 9.17) is 0 Å². The summed E-state index contributed by atoms with van der Waals surface area (Å²) in [5.74, 6) is 1.84. The van der Waals surface area contributed by atoms with Crippen molar-refractivity contribution >= 4 is 6.08 Å². The van der Waals surface area contributed by atoms with Gasteiger partial charge in [0.15, 0.2) is 0 Å². The highest BCUT2D eigenvalue weighted by molar-refractivity contribution is 5.50. The van der Waals surface area contributed by atoms with Gasteiger partial charge in [-0.3, -0.25) is 0 Å². The number of benzene rings is 1. The maximum absolute atomic E-state index is 10.2. The van der Waals surface area contributed by atoms with E-state index in [-0.39, 0.29) is 0 Å². The van der Waals surface area contributed by atoms with E-state index < -0.39 is 17.8 Å². The van der Waals surface area contributed by atoms with Crippen molar-refractivity contribution in [1.29, 1.82) is 0 Å². The molecule has 0 aliphatic heterocycles. The Bertz CT molecular complexity index is 920. The molecule has 6 atom stereocenters. The Balaban J connectivity index is 1.45. The standard InChI is InChI=1S/C31H44O3/c1-21(7-8-22-10-13-25(14-11-22)30(2,3)34)28-15-16-29-24(6-5-17-31(28,29)4)12-9-23-18-26(32)20-27(33)19-23/h7-14,21,26-29,32-34H,5-6,15-20H2,1-4H3/b8-7+,24-12+/t21-,26-,27-,28-,29+,31-/m1/s1. The van der Waals surface area contributed by atoms with E-state index in [0.29, 0.717) is 42.4 Å². The van der Waals surface area contributed by atoms with Crippen molar-refractivity contribution in [2.45, 2.75) is 96.9 Å². The normalized spacial score (nSPS) is 34.4. The second-order valence-corrected chi connectivity index (χ2v) is 12.0. The first kappa shape index (κ1) is 25.4. The number of hydrogen-bond donors (Lipinski definition) is 3. The Morgan fingerprint density at radius 1 is 1.03 bits per heavy atom. The van der Waals surface area contributed by atoms with Crippen molar-refractivity contribution < 1.29 is 15.3 Å². The Hall–Kier alpha value is -1.68. The third-order valence-electron chi connectivity index (χ3n) is 8.95. The van der Waals surface area contributed by atoms with Gasteiger partial charge in [0.25, 0.3) is 0 Å². The van der Waals surface area contributed by atoms with Crippen LogP contribution in [0.2, 0.25) is 0 Å². The molecule has 3 heteroatoms. The van der Waals surface area contributed by atoms with Gasteiger partial charge in [-0.05, 0) is 99.5 Å². The molecular formula is C31H44O3. The minimum Gasteiger partial charge on any atom is -0.393 e. The van der Waals surface area contributed by atoms with E-state index >= 15 is 0 Å². The van der Waals surface area contributed by atoms with Gasteiger partial charge in [-0.15, -0.1) is 0 Å². The summed E-state index contributed by atoms with van der Waals surface area (Å²) in [5, 5.41) is 30.2. The summed E-state index contributed by atoms with van der Waals surface area (Å²) < 4.78 is 0. The van der Waals surface area contributed by atoms with Crippen LogP contribution < -0.4 is 0 Å². The lowest BCUT2D eigenvalue weighted by Gasteiger charge is -2.44. The van der Waals surface area contributed by atoms with Crippen molar-refractivity contribution in [1.82, 2.24) is 0 Å². The molecule has 3 aliphatic rings. The van der Waals surface area contributed by atoms with Crippen LogP contribution in [0, 0.1) is 23.2 Å². The third-order valence-corrected chi connectivity index (χ3v) is 8.95. The molecule has 3 N–H and O–H groups in total. The van der Waals surface area contributed by atoms with E-state index in [1.165, 1.54) is 43.2 Å². The minimum absolute atomic E-state index is 0.336. The van der Waals surface area contributed by atoms with Crippen LogP contribution in [-0.2, 0) is 5.60 Å². The summed E-state index contributed by atoms with van der Waals surface area (Å²) in [4.78, 5) is 0. The number of allylic oxidation sites excluding steroid dienone is 4. The van der Waals surface area contributed by atoms with Gasteiger partial charge in [0.1, 0.15) is 0 Å². The van der Waals surface area contributed by atoms with Crippen molar-refractivity contribution in [3.05, 3.63) is 64.8 Å². The molecule has 4 rings (SSSR count). The van der Waals surface area contributed by atoms with Crippen LogP contribution >= 0.6 is 0 Å². The van der Waals surface area contributed by atoms with Crippen LogP contribution in [0.3, 0.4) is 0 Å². The van der Waals surface area contributed by atoms with Gasteiger partial charge in [0.05, 0.1) is 17.8 Å². The highest BCUT2D eigenvalue weighted by Crippen LogP contribution is 2.59. The van der Waals surface area contributed by atoms with Crippen molar-refractivity contribution in [2.75, 3.05) is 0 Å². The van der Waals surface area contributed by atoms with E-state index in [1.54, 1.807) is 5.57 Å². The molecule has 3 nitrogen and oxygen atoms in total. The van der Waals surface area contributed by atoms with E-state index in [9.17, 15) is 15.3 Å². The maximum atomic E-state index is 10.2. The highest BCUT2D eigenvalue weighted by atomic mass is 16.3. The second kappa shape index (κ2) is 10.1. The monoisotopic (exact) mass is 464 g/mol. The van der Waals surface area contributed by atoms with Gasteiger partial charge in [-0.1, -0.05) is 73.6 Å². The van der Waals surface area contributed by atoms with Crippen LogP contribution in [0.25, 0.3) is 6.08 Å². The molecule has 0 saturated heterocycles. The van der Waals surface area contributed by atoms with Gasteiger partial charge in [0.2, 0.25) is 0 Å². The molecule has 3 aliphatic carbocycles. The van der Waals surface area contributed by atoms with Crippen LogP contribution in [0.5, 0.6) is 0 Å². The molecule has 0 unspecified atom stereocenters. The minimum atomic E-state index is -0.804. The average Bonchev–Trinajstić information content (AvgIpc) is 3.12. The zero-order valence-electron chi connectivity index (χ0n) is 21.5. The predicted molar refractivity (Wildman–Crippen MR) is 140 cm³/mol. The summed E-state index contributed by atoms with van der Waals surface area (Å²) in [5.41, 5.74) is 4.43. The summed E-state index contributed by atoms with van der Waals surface area (Å²) in [6.45, 7) is 8.54. The molecule has 34 heavy (non-hydrogen) atoms. The Labute approximate surface area is 206 Å². The van der Waals surface area contributed by atoms with Crippen LogP contribution in [0.1, 0.15) is 90.2 Å². The Morgan fingerprint density at radius 2 is 1.71 bits per heavy atom. The summed E-state index contributed by atoms with van der Waals surface area (Å²) >= 11 is 0. The van der Waals surface area contributed by atoms with E-state index in [1.807, 2.05) is 26.0 Å². The largest absolute Gasteiger partial charge is 0.393 e. The summed E-state index contributed by atoms with van der Waals surface area (Å²) in [7, 11) is 0. The van der Waals surface area contributed by atoms with Crippen LogP contribution in [-0.4, -0.2) is 27.5 Å². The molecule has 0 spiro atoms. The average molecular weight is 465 g/mol. The quantitative estimate of drug-likeness (QED) is 0.464. The first-order chi connectivity index (χ1) is 16.1. The first-order valence-corrected chi connectivity index (χ1v) is 13.3. The zero-order chi connectivity index (χ0) is 24.5. The number of aliphatic hydroxyl groups is 3. The topological polar surface area (TPSA) is 60.7 Å². The predicted octanol–water partition coefficient (Wildman–Crippen LogP) is 6.54. The van der Waals surface area contributed by atoms with Crippen molar-refractivity contribution in [2.24, 2.45) is 23.2 Å². The fourth-order valence-corrected chi connectivity index (χ4v) is 7.07. The molecule has 1 aromatic rings. The number of rotatable bonds is 5. The van der Waals surface area contributed by atoms with Gasteiger partial charge in [0, 0.05) is 0 Å². The zero-order valence-corrected chi connectivity index (χ0v) is 21.5. The van der Waals surface area contributed by atoms with E-state index in [0.717, 1.165) is 5.56 Å². The van der Waals surface area contributed by atoms with Crippen molar-refractivity contribution in [3.8, 4) is 0 Å². The lowest BCUT2D eigenvalue weighted by atomic mass is 9.61. The first-order valence-electron chi connectivity index (χ1n) is 13.3. The number of fused-ring (bicyclic) bond motifs is 1. The second-order valence-electron chi connectivity index (χ2n) is 12.0. The molecule has 0 bridgehead atoms. The van der Waals surface area contributed by atoms with Gasteiger partial charge >= 0.3 is 0 Å². The summed E-state index contributed by atoms with van der Waals surface area (Å²) in [6, 6.07) is 8.25. The molecule has 0 aromatic heterocycles. The number of aliphatic hydroxyl groups excluding tert-OH is 2. The maximum Gasteiger partial charge on any atom is 0.0840 e. The van der Waals surface area contributed by atoms with Gasteiger partial charge in [-0.2, -0.15) is 0 Å².